The average Bonchev–Trinajstić information content (AvgIpc) is 2.67. The largest absolute Gasteiger partial charge is 0.492 e. The Kier molecular flexibility index (Phi) is 13.3. The van der Waals surface area contributed by atoms with Crippen molar-refractivity contribution < 1.29 is 14.2 Å². The molecule has 7 heteroatoms. The number of guanidine groups is 1. The minimum atomic E-state index is 0. The van der Waals surface area contributed by atoms with Crippen molar-refractivity contribution in [3.8, 4) is 5.75 Å². The minimum absolute atomic E-state index is 0. The number of methoxy groups -OCH3 is 1. The van der Waals surface area contributed by atoms with E-state index in [0.29, 0.717) is 19.3 Å². The van der Waals surface area contributed by atoms with Crippen molar-refractivity contribution in [2.24, 2.45) is 4.99 Å². The highest BCUT2D eigenvalue weighted by Crippen LogP contribution is 2.16. The van der Waals surface area contributed by atoms with Crippen LogP contribution in [-0.4, -0.2) is 70.1 Å². The molecule has 0 saturated carbocycles. The van der Waals surface area contributed by atoms with E-state index in [1.807, 2.05) is 0 Å². The first-order valence-electron chi connectivity index (χ1n) is 10.5. The molecular formula is C22H38IN3O3. The van der Waals surface area contributed by atoms with Crippen LogP contribution in [0.15, 0.2) is 23.2 Å². The highest BCUT2D eigenvalue weighted by molar-refractivity contribution is 14.0. The number of nitrogens with zero attached hydrogens (tertiary/aromatic N) is 2. The van der Waals surface area contributed by atoms with Crippen molar-refractivity contribution in [2.45, 2.75) is 46.1 Å². The summed E-state index contributed by atoms with van der Waals surface area (Å²) in [6.07, 6.45) is 3.39. The van der Waals surface area contributed by atoms with Crippen LogP contribution in [0.1, 0.15) is 37.3 Å². The summed E-state index contributed by atoms with van der Waals surface area (Å²) < 4.78 is 16.9. The van der Waals surface area contributed by atoms with E-state index >= 15 is 0 Å². The van der Waals surface area contributed by atoms with E-state index in [1.54, 1.807) is 7.11 Å². The molecule has 1 aromatic rings. The molecule has 1 fully saturated rings. The Bertz CT molecular complexity index is 585. The fraction of sp³-hybridized carbons (Fsp3) is 0.682. The quantitative estimate of drug-likeness (QED) is 0.221. The summed E-state index contributed by atoms with van der Waals surface area (Å²) in [6, 6.07) is 6.29. The van der Waals surface area contributed by atoms with Crippen LogP contribution in [0.5, 0.6) is 5.75 Å². The number of aryl methyl sites for hydroxylation is 2. The van der Waals surface area contributed by atoms with Gasteiger partial charge in [-0.15, -0.1) is 24.0 Å². The number of likely N-dealkylation sites (tertiary alicyclic amines) is 1. The number of aliphatic imine (C=N–C) groups is 1. The molecule has 0 radical (unpaired) electrons. The van der Waals surface area contributed by atoms with Gasteiger partial charge in [-0.25, -0.2) is 4.99 Å². The molecule has 1 heterocycles. The van der Waals surface area contributed by atoms with Crippen LogP contribution in [0.4, 0.5) is 0 Å². The third kappa shape index (κ3) is 10.00. The van der Waals surface area contributed by atoms with E-state index in [2.05, 4.69) is 49.2 Å². The lowest BCUT2D eigenvalue weighted by Crippen LogP contribution is -2.47. The number of hydrogen-bond donors (Lipinski definition) is 1. The molecule has 0 bridgehead atoms. The maximum atomic E-state index is 5.95. The Hall–Kier alpha value is -1.06. The monoisotopic (exact) mass is 519 g/mol. The second-order valence-corrected chi connectivity index (χ2v) is 7.31. The van der Waals surface area contributed by atoms with E-state index in [1.165, 1.54) is 11.1 Å². The first-order valence-corrected chi connectivity index (χ1v) is 10.5. The number of ether oxygens (including phenoxy) is 3. The maximum Gasteiger partial charge on any atom is 0.194 e. The van der Waals surface area contributed by atoms with Gasteiger partial charge in [-0.3, -0.25) is 0 Å². The second kappa shape index (κ2) is 14.8. The molecule has 1 N–H and O–H groups in total. The molecule has 1 aliphatic rings. The van der Waals surface area contributed by atoms with E-state index in [4.69, 9.17) is 19.2 Å². The molecule has 166 valence electrons. The van der Waals surface area contributed by atoms with E-state index in [0.717, 1.165) is 63.8 Å². The first kappa shape index (κ1) is 26.0. The van der Waals surface area contributed by atoms with Crippen molar-refractivity contribution in [1.82, 2.24) is 10.2 Å². The lowest BCUT2D eigenvalue weighted by molar-refractivity contribution is 0.00989. The van der Waals surface area contributed by atoms with E-state index in [9.17, 15) is 0 Å². The smallest absolute Gasteiger partial charge is 0.194 e. The molecule has 0 atom stereocenters. The topological polar surface area (TPSA) is 55.3 Å². The Morgan fingerprint density at radius 2 is 1.79 bits per heavy atom. The number of nitrogens with one attached hydrogen (secondary N) is 1. The standard InChI is InChI=1S/C22H37N3O3.HI/c1-5-23-22(24-9-14-28-21-16-18(2)15-19(3)17-21)25-10-7-20(8-11-25)27-13-6-12-26-4;/h15-17,20H,5-14H2,1-4H3,(H,23,24);1H. The van der Waals surface area contributed by atoms with Gasteiger partial charge in [0.1, 0.15) is 12.4 Å². The van der Waals surface area contributed by atoms with Crippen molar-refractivity contribution in [1.29, 1.82) is 0 Å². The Morgan fingerprint density at radius 1 is 1.10 bits per heavy atom. The number of halogens is 1. The fourth-order valence-corrected chi connectivity index (χ4v) is 3.44. The summed E-state index contributed by atoms with van der Waals surface area (Å²) in [5, 5.41) is 3.41. The van der Waals surface area contributed by atoms with Crippen LogP contribution in [-0.2, 0) is 9.47 Å². The molecule has 1 saturated heterocycles. The van der Waals surface area contributed by atoms with Crippen LogP contribution in [0.3, 0.4) is 0 Å². The zero-order chi connectivity index (χ0) is 20.2. The lowest BCUT2D eigenvalue weighted by atomic mass is 10.1. The Morgan fingerprint density at radius 3 is 2.41 bits per heavy atom. The third-order valence-electron chi connectivity index (χ3n) is 4.74. The highest BCUT2D eigenvalue weighted by atomic mass is 127. The molecule has 0 spiro atoms. The van der Waals surface area contributed by atoms with Gasteiger partial charge >= 0.3 is 0 Å². The Balaban J connectivity index is 0.00000420. The van der Waals surface area contributed by atoms with Crippen molar-refractivity contribution in [3.05, 3.63) is 29.3 Å². The van der Waals surface area contributed by atoms with Crippen LogP contribution in [0, 0.1) is 13.8 Å². The van der Waals surface area contributed by atoms with Gasteiger partial charge in [0.05, 0.1) is 12.6 Å². The van der Waals surface area contributed by atoms with E-state index < -0.39 is 0 Å². The number of piperidine rings is 1. The van der Waals surface area contributed by atoms with Crippen LogP contribution in [0.2, 0.25) is 0 Å². The lowest BCUT2D eigenvalue weighted by Gasteiger charge is -2.34. The zero-order valence-electron chi connectivity index (χ0n) is 18.4. The average molecular weight is 519 g/mol. The molecule has 0 aromatic heterocycles. The predicted molar refractivity (Wildman–Crippen MR) is 130 cm³/mol. The summed E-state index contributed by atoms with van der Waals surface area (Å²) in [5.41, 5.74) is 2.44. The summed E-state index contributed by atoms with van der Waals surface area (Å²) in [6.45, 7) is 11.9. The minimum Gasteiger partial charge on any atom is -0.492 e. The molecule has 0 aliphatic carbocycles. The van der Waals surface area contributed by atoms with Gasteiger partial charge in [0, 0.05) is 40.0 Å². The highest BCUT2D eigenvalue weighted by Gasteiger charge is 2.21. The normalized spacial score (nSPS) is 15.2. The van der Waals surface area contributed by atoms with Gasteiger partial charge in [-0.2, -0.15) is 0 Å². The van der Waals surface area contributed by atoms with Gasteiger partial charge in [0.15, 0.2) is 5.96 Å². The molecule has 1 aromatic carbocycles. The van der Waals surface area contributed by atoms with Crippen molar-refractivity contribution in [2.75, 3.05) is 53.1 Å². The maximum absolute atomic E-state index is 5.95. The van der Waals surface area contributed by atoms with Gasteiger partial charge in [0.2, 0.25) is 0 Å². The summed E-state index contributed by atoms with van der Waals surface area (Å²) in [5.74, 6) is 1.90. The van der Waals surface area contributed by atoms with Gasteiger partial charge in [-0.05, 0) is 63.3 Å². The molecule has 6 nitrogen and oxygen atoms in total. The van der Waals surface area contributed by atoms with Crippen LogP contribution in [0.25, 0.3) is 0 Å². The summed E-state index contributed by atoms with van der Waals surface area (Å²) in [7, 11) is 1.73. The van der Waals surface area contributed by atoms with Crippen LogP contribution >= 0.6 is 24.0 Å². The molecular weight excluding hydrogens is 481 g/mol. The van der Waals surface area contributed by atoms with Crippen LogP contribution < -0.4 is 10.1 Å². The molecule has 2 rings (SSSR count). The van der Waals surface area contributed by atoms with Gasteiger partial charge < -0.3 is 24.4 Å². The summed E-state index contributed by atoms with van der Waals surface area (Å²) in [4.78, 5) is 7.09. The van der Waals surface area contributed by atoms with Gasteiger partial charge in [-0.1, -0.05) is 6.07 Å². The first-order chi connectivity index (χ1) is 13.6. The van der Waals surface area contributed by atoms with E-state index in [-0.39, 0.29) is 24.0 Å². The fourth-order valence-electron chi connectivity index (χ4n) is 3.44. The predicted octanol–water partition coefficient (Wildman–Crippen LogP) is 3.78. The number of benzene rings is 1. The van der Waals surface area contributed by atoms with Gasteiger partial charge in [0.25, 0.3) is 0 Å². The molecule has 0 unspecified atom stereocenters. The molecule has 1 aliphatic heterocycles. The zero-order valence-corrected chi connectivity index (χ0v) is 20.7. The number of rotatable bonds is 10. The SMILES string of the molecule is CCNC(=NCCOc1cc(C)cc(C)c1)N1CCC(OCCCOC)CC1.I. The molecule has 0 amide bonds. The third-order valence-corrected chi connectivity index (χ3v) is 4.74. The van der Waals surface area contributed by atoms with Crippen molar-refractivity contribution in [3.63, 3.8) is 0 Å². The second-order valence-electron chi connectivity index (χ2n) is 7.31. The molecule has 29 heavy (non-hydrogen) atoms. The van der Waals surface area contributed by atoms with Crippen molar-refractivity contribution >= 4 is 29.9 Å². The summed E-state index contributed by atoms with van der Waals surface area (Å²) >= 11 is 0. The number of hydrogen-bond acceptors (Lipinski definition) is 4. The Labute approximate surface area is 193 Å².